The Labute approximate surface area is 148 Å². The van der Waals surface area contributed by atoms with Crippen molar-refractivity contribution in [2.45, 2.75) is 57.0 Å². The molecule has 2 N–H and O–H groups in total. The Balaban J connectivity index is 1.54. The molecule has 6 heteroatoms. The molecule has 134 valence electrons. The van der Waals surface area contributed by atoms with Gasteiger partial charge in [-0.2, -0.15) is 0 Å². The maximum Gasteiger partial charge on any atom is 0.325 e. The van der Waals surface area contributed by atoms with E-state index in [4.69, 9.17) is 0 Å². The highest BCUT2D eigenvalue weighted by Crippen LogP contribution is 2.17. The molecule has 1 aliphatic heterocycles. The van der Waals surface area contributed by atoms with Gasteiger partial charge in [0.25, 0.3) is 5.91 Å². The van der Waals surface area contributed by atoms with Crippen LogP contribution in [0, 0.1) is 0 Å². The predicted molar refractivity (Wildman–Crippen MR) is 93.8 cm³/mol. The molecule has 1 atom stereocenters. The van der Waals surface area contributed by atoms with Gasteiger partial charge in [-0.15, -0.1) is 0 Å². The van der Waals surface area contributed by atoms with Crippen molar-refractivity contribution in [3.8, 4) is 0 Å². The van der Waals surface area contributed by atoms with Crippen LogP contribution in [0.5, 0.6) is 0 Å². The topological polar surface area (TPSA) is 78.5 Å². The molecule has 1 saturated carbocycles. The van der Waals surface area contributed by atoms with Gasteiger partial charge in [0.2, 0.25) is 5.91 Å². The summed E-state index contributed by atoms with van der Waals surface area (Å²) in [5.41, 5.74) is 0.978. The second kappa shape index (κ2) is 8.14. The molecule has 2 aliphatic rings. The van der Waals surface area contributed by atoms with E-state index in [1.54, 1.807) is 0 Å². The molecule has 0 radical (unpaired) electrons. The zero-order valence-corrected chi connectivity index (χ0v) is 14.4. The van der Waals surface area contributed by atoms with Crippen LogP contribution in [0.4, 0.5) is 4.79 Å². The van der Waals surface area contributed by atoms with Gasteiger partial charge in [-0.3, -0.25) is 14.5 Å². The molecule has 1 saturated heterocycles. The average molecular weight is 343 g/mol. The molecular weight excluding hydrogens is 318 g/mol. The second-order valence-electron chi connectivity index (χ2n) is 6.87. The van der Waals surface area contributed by atoms with Crippen LogP contribution in [0.3, 0.4) is 0 Å². The Kier molecular flexibility index (Phi) is 5.68. The minimum atomic E-state index is -0.597. The summed E-state index contributed by atoms with van der Waals surface area (Å²) in [6.45, 7) is -0.202. The molecular formula is C19H25N3O3. The van der Waals surface area contributed by atoms with Crippen molar-refractivity contribution < 1.29 is 14.4 Å². The highest BCUT2D eigenvalue weighted by Gasteiger charge is 2.39. The van der Waals surface area contributed by atoms with Crippen molar-refractivity contribution in [3.63, 3.8) is 0 Å². The Morgan fingerprint density at radius 3 is 2.44 bits per heavy atom. The summed E-state index contributed by atoms with van der Waals surface area (Å²) in [6.07, 6.45) is 7.04. The fraction of sp³-hybridized carbons (Fsp3) is 0.526. The first-order valence-electron chi connectivity index (χ1n) is 9.08. The molecule has 0 bridgehead atoms. The normalized spacial score (nSPS) is 21.8. The number of carbonyl (C=O) groups is 3. The molecule has 1 aliphatic carbocycles. The third-order valence-electron chi connectivity index (χ3n) is 4.91. The van der Waals surface area contributed by atoms with E-state index in [0.717, 1.165) is 36.1 Å². The van der Waals surface area contributed by atoms with E-state index < -0.39 is 12.1 Å². The van der Waals surface area contributed by atoms with Crippen LogP contribution in [0.25, 0.3) is 0 Å². The molecule has 25 heavy (non-hydrogen) atoms. The van der Waals surface area contributed by atoms with E-state index in [2.05, 4.69) is 10.6 Å². The van der Waals surface area contributed by atoms with E-state index in [1.807, 2.05) is 30.3 Å². The predicted octanol–water partition coefficient (Wildman–Crippen LogP) is 1.99. The van der Waals surface area contributed by atoms with Gasteiger partial charge in [0.05, 0.1) is 0 Å². The highest BCUT2D eigenvalue weighted by atomic mass is 16.2. The largest absolute Gasteiger partial charge is 0.352 e. The van der Waals surface area contributed by atoms with Gasteiger partial charge in [0.15, 0.2) is 0 Å². The van der Waals surface area contributed by atoms with Crippen molar-refractivity contribution >= 4 is 17.8 Å². The van der Waals surface area contributed by atoms with Gasteiger partial charge in [-0.1, -0.05) is 56.0 Å². The Morgan fingerprint density at radius 2 is 1.76 bits per heavy atom. The highest BCUT2D eigenvalue weighted by molar-refractivity contribution is 6.06. The SMILES string of the molecule is O=C(CN1C(=O)N[C@H](Cc2ccccc2)C1=O)NC1CCCCCC1. The van der Waals surface area contributed by atoms with Crippen LogP contribution in [0.2, 0.25) is 0 Å². The maximum atomic E-state index is 12.5. The van der Waals surface area contributed by atoms with Gasteiger partial charge >= 0.3 is 6.03 Å². The lowest BCUT2D eigenvalue weighted by Crippen LogP contribution is -2.44. The molecule has 0 aromatic heterocycles. The number of nitrogens with zero attached hydrogens (tertiary/aromatic N) is 1. The van der Waals surface area contributed by atoms with Gasteiger partial charge in [-0.05, 0) is 18.4 Å². The number of benzene rings is 1. The monoisotopic (exact) mass is 343 g/mol. The number of nitrogens with one attached hydrogen (secondary N) is 2. The Bertz CT molecular complexity index is 624. The fourth-order valence-electron chi connectivity index (χ4n) is 3.56. The summed E-state index contributed by atoms with van der Waals surface area (Å²) in [6, 6.07) is 8.62. The van der Waals surface area contributed by atoms with E-state index in [0.29, 0.717) is 6.42 Å². The Hall–Kier alpha value is -2.37. The number of urea groups is 1. The molecule has 1 heterocycles. The number of hydrogen-bond donors (Lipinski definition) is 2. The number of rotatable bonds is 5. The number of hydrogen-bond acceptors (Lipinski definition) is 3. The van der Waals surface area contributed by atoms with Crippen LogP contribution in [0.1, 0.15) is 44.1 Å². The second-order valence-corrected chi connectivity index (χ2v) is 6.87. The molecule has 0 spiro atoms. The fourth-order valence-corrected chi connectivity index (χ4v) is 3.56. The minimum Gasteiger partial charge on any atom is -0.352 e. The lowest BCUT2D eigenvalue weighted by atomic mass is 10.1. The van der Waals surface area contributed by atoms with Gasteiger partial charge < -0.3 is 10.6 Å². The molecule has 2 fully saturated rings. The first-order valence-corrected chi connectivity index (χ1v) is 9.08. The van der Waals surface area contributed by atoms with Crippen molar-refractivity contribution in [1.29, 1.82) is 0 Å². The molecule has 1 aromatic rings. The zero-order valence-electron chi connectivity index (χ0n) is 14.4. The number of amides is 4. The number of imide groups is 1. The molecule has 4 amide bonds. The van der Waals surface area contributed by atoms with E-state index in [9.17, 15) is 14.4 Å². The van der Waals surface area contributed by atoms with Crippen molar-refractivity contribution in [2.75, 3.05) is 6.54 Å². The molecule has 1 aromatic carbocycles. The molecule has 0 unspecified atom stereocenters. The van der Waals surface area contributed by atoms with Crippen LogP contribution in [-0.4, -0.2) is 41.4 Å². The van der Waals surface area contributed by atoms with Crippen LogP contribution < -0.4 is 10.6 Å². The molecule has 3 rings (SSSR count). The summed E-state index contributed by atoms with van der Waals surface area (Å²) in [5, 5.41) is 5.66. The van der Waals surface area contributed by atoms with E-state index in [1.165, 1.54) is 12.8 Å². The van der Waals surface area contributed by atoms with Crippen LogP contribution in [-0.2, 0) is 16.0 Å². The van der Waals surface area contributed by atoms with E-state index in [-0.39, 0.29) is 24.4 Å². The smallest absolute Gasteiger partial charge is 0.325 e. The minimum absolute atomic E-state index is 0.163. The van der Waals surface area contributed by atoms with Gasteiger partial charge in [-0.25, -0.2) is 4.79 Å². The standard InChI is InChI=1S/C19H25N3O3/c23-17(20-15-10-6-1-2-7-11-15)13-22-18(24)16(21-19(22)25)12-14-8-4-3-5-9-14/h3-5,8-9,15-16H,1-2,6-7,10-13H2,(H,20,23)(H,21,25)/t16-/m1/s1. The van der Waals surface area contributed by atoms with Gasteiger partial charge in [0, 0.05) is 12.5 Å². The third-order valence-corrected chi connectivity index (χ3v) is 4.91. The lowest BCUT2D eigenvalue weighted by molar-refractivity contribution is -0.132. The summed E-state index contributed by atoms with van der Waals surface area (Å²) in [5.74, 6) is -0.583. The number of carbonyl (C=O) groups excluding carboxylic acids is 3. The molecule has 6 nitrogen and oxygen atoms in total. The summed E-state index contributed by atoms with van der Waals surface area (Å²) < 4.78 is 0. The van der Waals surface area contributed by atoms with E-state index >= 15 is 0 Å². The lowest BCUT2D eigenvalue weighted by Gasteiger charge is -2.18. The first kappa shape index (κ1) is 17.5. The van der Waals surface area contributed by atoms with Crippen LogP contribution in [0.15, 0.2) is 30.3 Å². The summed E-state index contributed by atoms with van der Waals surface area (Å²) in [4.78, 5) is 37.8. The van der Waals surface area contributed by atoms with Gasteiger partial charge in [0.1, 0.15) is 12.6 Å². The average Bonchev–Trinajstić information content (AvgIpc) is 2.79. The van der Waals surface area contributed by atoms with Crippen LogP contribution >= 0.6 is 0 Å². The zero-order chi connectivity index (χ0) is 17.6. The third kappa shape index (κ3) is 4.59. The van der Waals surface area contributed by atoms with Crippen molar-refractivity contribution in [3.05, 3.63) is 35.9 Å². The van der Waals surface area contributed by atoms with Crippen molar-refractivity contribution in [1.82, 2.24) is 15.5 Å². The maximum absolute atomic E-state index is 12.5. The quantitative estimate of drug-likeness (QED) is 0.634. The Morgan fingerprint density at radius 1 is 1.08 bits per heavy atom. The first-order chi connectivity index (χ1) is 12.1. The summed E-state index contributed by atoms with van der Waals surface area (Å²) in [7, 11) is 0. The summed E-state index contributed by atoms with van der Waals surface area (Å²) >= 11 is 0. The van der Waals surface area contributed by atoms with Crippen molar-refractivity contribution in [2.24, 2.45) is 0 Å².